The Morgan fingerprint density at radius 1 is 1.60 bits per heavy atom. The predicted octanol–water partition coefficient (Wildman–Crippen LogP) is 1.14. The van der Waals surface area contributed by atoms with E-state index >= 15 is 0 Å². The van der Waals surface area contributed by atoms with E-state index in [1.165, 1.54) is 0 Å². The van der Waals surface area contributed by atoms with Gasteiger partial charge < -0.3 is 11.5 Å². The largest absolute Gasteiger partial charge is 0.402 e. The molecule has 0 aromatic carbocycles. The monoisotopic (exact) mass is 140 g/mol. The lowest BCUT2D eigenvalue weighted by Gasteiger charge is -1.98. The summed E-state index contributed by atoms with van der Waals surface area (Å²) in [5.41, 5.74) is 12.8. The molecule has 0 aromatic heterocycles. The molecule has 2 heteroatoms. The van der Waals surface area contributed by atoms with Gasteiger partial charge in [-0.15, -0.1) is 0 Å². The zero-order valence-corrected chi connectivity index (χ0v) is 6.56. The summed E-state index contributed by atoms with van der Waals surface area (Å²) in [4.78, 5) is 0. The Balaban J connectivity index is 3.75. The number of allylic oxidation sites excluding steroid dienone is 2. The van der Waals surface area contributed by atoms with E-state index in [2.05, 4.69) is 6.58 Å². The van der Waals surface area contributed by atoms with E-state index < -0.39 is 0 Å². The van der Waals surface area contributed by atoms with Gasteiger partial charge in [0.25, 0.3) is 0 Å². The third-order valence-corrected chi connectivity index (χ3v) is 1.26. The van der Waals surface area contributed by atoms with Crippen LogP contribution in [-0.2, 0) is 0 Å². The minimum atomic E-state index is 0.645. The summed E-state index contributed by atoms with van der Waals surface area (Å²) in [7, 11) is 0. The number of hydrogen-bond acceptors (Lipinski definition) is 2. The average molecular weight is 140 g/mol. The molecule has 0 heterocycles. The summed E-state index contributed by atoms with van der Waals surface area (Å²) in [6, 6.07) is 0. The van der Waals surface area contributed by atoms with Gasteiger partial charge in [-0.3, -0.25) is 0 Å². The molecule has 0 rings (SSSR count). The van der Waals surface area contributed by atoms with Gasteiger partial charge in [-0.25, -0.2) is 0 Å². The second-order valence-electron chi connectivity index (χ2n) is 2.27. The molecule has 0 unspecified atom stereocenters. The van der Waals surface area contributed by atoms with Crippen molar-refractivity contribution in [3.05, 3.63) is 23.9 Å². The van der Waals surface area contributed by atoms with Crippen LogP contribution in [0.5, 0.6) is 0 Å². The number of nitrogens with two attached hydrogens (primary N) is 2. The van der Waals surface area contributed by atoms with Crippen LogP contribution >= 0.6 is 0 Å². The van der Waals surface area contributed by atoms with Crippen LogP contribution in [0, 0.1) is 0 Å². The molecular formula is C8H16N2. The number of rotatable bonds is 4. The van der Waals surface area contributed by atoms with Gasteiger partial charge >= 0.3 is 0 Å². The Hall–Kier alpha value is -0.760. The molecule has 0 fully saturated rings. The normalized spacial score (nSPS) is 11.6. The van der Waals surface area contributed by atoms with Crippen molar-refractivity contribution in [3.63, 3.8) is 0 Å². The van der Waals surface area contributed by atoms with Crippen LogP contribution in [0.25, 0.3) is 0 Å². The molecule has 4 N–H and O–H groups in total. The van der Waals surface area contributed by atoms with Crippen molar-refractivity contribution in [2.75, 3.05) is 6.54 Å². The molecule has 0 aromatic rings. The molecule has 0 bridgehead atoms. The summed E-state index contributed by atoms with van der Waals surface area (Å²) in [6.45, 7) is 6.46. The first-order valence-electron chi connectivity index (χ1n) is 3.54. The van der Waals surface area contributed by atoms with Gasteiger partial charge in [0.1, 0.15) is 0 Å². The molecule has 2 nitrogen and oxygen atoms in total. The Labute approximate surface area is 62.6 Å². The SMILES string of the molecule is C=C(/C=C(/N)CC)CCN. The van der Waals surface area contributed by atoms with Crippen LogP contribution in [-0.4, -0.2) is 6.54 Å². The highest BCUT2D eigenvalue weighted by Crippen LogP contribution is 2.01. The molecule has 0 atom stereocenters. The quantitative estimate of drug-likeness (QED) is 0.575. The molecule has 0 aliphatic heterocycles. The van der Waals surface area contributed by atoms with Crippen molar-refractivity contribution in [2.24, 2.45) is 11.5 Å². The third kappa shape index (κ3) is 4.15. The van der Waals surface area contributed by atoms with E-state index in [0.717, 1.165) is 24.1 Å². The number of hydrogen-bond donors (Lipinski definition) is 2. The first kappa shape index (κ1) is 9.24. The van der Waals surface area contributed by atoms with Gasteiger partial charge in [0.05, 0.1) is 0 Å². The van der Waals surface area contributed by atoms with Crippen molar-refractivity contribution in [2.45, 2.75) is 19.8 Å². The first-order valence-corrected chi connectivity index (χ1v) is 3.54. The minimum absolute atomic E-state index is 0.645. The minimum Gasteiger partial charge on any atom is -0.402 e. The molecule has 0 saturated heterocycles. The van der Waals surface area contributed by atoms with Crippen molar-refractivity contribution in [3.8, 4) is 0 Å². The van der Waals surface area contributed by atoms with Crippen LogP contribution in [0.15, 0.2) is 23.9 Å². The van der Waals surface area contributed by atoms with Gasteiger partial charge in [-0.2, -0.15) is 0 Å². The molecule has 0 saturated carbocycles. The standard InChI is InChI=1S/C8H16N2/c1-3-8(10)6-7(2)4-5-9/h6H,2-5,9-10H2,1H3/b8-6+. The second-order valence-corrected chi connectivity index (χ2v) is 2.27. The fourth-order valence-electron chi connectivity index (χ4n) is 0.622. The van der Waals surface area contributed by atoms with Crippen molar-refractivity contribution < 1.29 is 0 Å². The third-order valence-electron chi connectivity index (χ3n) is 1.26. The maximum Gasteiger partial charge on any atom is 0.00802 e. The van der Waals surface area contributed by atoms with Crippen molar-refractivity contribution >= 4 is 0 Å². The van der Waals surface area contributed by atoms with Gasteiger partial charge in [0.15, 0.2) is 0 Å². The Morgan fingerprint density at radius 3 is 2.60 bits per heavy atom. The molecule has 0 amide bonds. The first-order chi connectivity index (χ1) is 4.70. The highest BCUT2D eigenvalue weighted by molar-refractivity contribution is 5.18. The zero-order chi connectivity index (χ0) is 7.98. The molecule has 0 spiro atoms. The Morgan fingerprint density at radius 2 is 2.20 bits per heavy atom. The summed E-state index contributed by atoms with van der Waals surface area (Å²) >= 11 is 0. The fraction of sp³-hybridized carbons (Fsp3) is 0.500. The van der Waals surface area contributed by atoms with Crippen molar-refractivity contribution in [1.29, 1.82) is 0 Å². The van der Waals surface area contributed by atoms with E-state index in [-0.39, 0.29) is 0 Å². The lowest BCUT2D eigenvalue weighted by Crippen LogP contribution is -2.00. The highest BCUT2D eigenvalue weighted by atomic mass is 14.6. The summed E-state index contributed by atoms with van der Waals surface area (Å²) in [5.74, 6) is 0. The molecular weight excluding hydrogens is 124 g/mol. The fourth-order valence-corrected chi connectivity index (χ4v) is 0.622. The average Bonchev–Trinajstić information content (AvgIpc) is 1.88. The maximum atomic E-state index is 5.56. The van der Waals surface area contributed by atoms with Crippen LogP contribution in [0.2, 0.25) is 0 Å². The molecule has 0 radical (unpaired) electrons. The maximum absolute atomic E-state index is 5.56. The molecule has 10 heavy (non-hydrogen) atoms. The second kappa shape index (κ2) is 5.06. The van der Waals surface area contributed by atoms with Crippen LogP contribution < -0.4 is 11.5 Å². The van der Waals surface area contributed by atoms with E-state index in [1.807, 2.05) is 13.0 Å². The molecule has 0 aliphatic carbocycles. The van der Waals surface area contributed by atoms with Gasteiger partial charge in [-0.1, -0.05) is 19.1 Å². The van der Waals surface area contributed by atoms with Gasteiger partial charge in [0.2, 0.25) is 0 Å². The Kier molecular flexibility index (Phi) is 4.67. The van der Waals surface area contributed by atoms with E-state index in [0.29, 0.717) is 6.54 Å². The highest BCUT2D eigenvalue weighted by Gasteiger charge is 1.88. The smallest absolute Gasteiger partial charge is 0.00802 e. The summed E-state index contributed by atoms with van der Waals surface area (Å²) < 4.78 is 0. The van der Waals surface area contributed by atoms with Crippen LogP contribution in [0.4, 0.5) is 0 Å². The Bertz CT molecular complexity index is 136. The topological polar surface area (TPSA) is 52.0 Å². The van der Waals surface area contributed by atoms with E-state index in [9.17, 15) is 0 Å². The molecule has 58 valence electrons. The van der Waals surface area contributed by atoms with Gasteiger partial charge in [0, 0.05) is 5.70 Å². The van der Waals surface area contributed by atoms with Gasteiger partial charge in [-0.05, 0) is 25.5 Å². The lowest BCUT2D eigenvalue weighted by molar-refractivity contribution is 0.965. The van der Waals surface area contributed by atoms with E-state index in [4.69, 9.17) is 11.5 Å². The predicted molar refractivity (Wildman–Crippen MR) is 45.4 cm³/mol. The zero-order valence-electron chi connectivity index (χ0n) is 6.56. The van der Waals surface area contributed by atoms with E-state index in [1.54, 1.807) is 0 Å². The van der Waals surface area contributed by atoms with Crippen molar-refractivity contribution in [1.82, 2.24) is 0 Å². The van der Waals surface area contributed by atoms with Crippen LogP contribution in [0.1, 0.15) is 19.8 Å². The van der Waals surface area contributed by atoms with Crippen LogP contribution in [0.3, 0.4) is 0 Å². The molecule has 0 aliphatic rings. The summed E-state index contributed by atoms with van der Waals surface area (Å²) in [6.07, 6.45) is 3.61. The lowest BCUT2D eigenvalue weighted by atomic mass is 10.2. The summed E-state index contributed by atoms with van der Waals surface area (Å²) in [5, 5.41) is 0.